The number of halogens is 1. The SMILES string of the molecule is Nc1ccc2nc(-c3ccc(Br)o3)[nH]c2c1. The monoisotopic (exact) mass is 277 g/mol. The van der Waals surface area contributed by atoms with E-state index in [1.165, 1.54) is 0 Å². The number of nitrogens with one attached hydrogen (secondary N) is 1. The number of furan rings is 1. The number of nitrogens with two attached hydrogens (primary N) is 1. The van der Waals surface area contributed by atoms with Gasteiger partial charge in [-0.05, 0) is 46.3 Å². The topological polar surface area (TPSA) is 67.8 Å². The number of rotatable bonds is 1. The molecule has 4 nitrogen and oxygen atoms in total. The zero-order valence-corrected chi connectivity index (χ0v) is 9.78. The van der Waals surface area contributed by atoms with Gasteiger partial charge < -0.3 is 15.1 Å². The summed E-state index contributed by atoms with van der Waals surface area (Å²) >= 11 is 3.26. The minimum atomic E-state index is 0.683. The number of H-pyrrole nitrogens is 1. The molecule has 0 bridgehead atoms. The van der Waals surface area contributed by atoms with Gasteiger partial charge in [0, 0.05) is 5.69 Å². The summed E-state index contributed by atoms with van der Waals surface area (Å²) < 4.78 is 6.10. The number of benzene rings is 1. The smallest absolute Gasteiger partial charge is 0.174 e. The van der Waals surface area contributed by atoms with Crippen molar-refractivity contribution in [2.24, 2.45) is 0 Å². The second-order valence-electron chi connectivity index (χ2n) is 3.47. The van der Waals surface area contributed by atoms with Crippen LogP contribution in [0.2, 0.25) is 0 Å². The summed E-state index contributed by atoms with van der Waals surface area (Å²) in [5, 5.41) is 0. The Labute approximate surface area is 99.6 Å². The zero-order chi connectivity index (χ0) is 11.1. The Morgan fingerprint density at radius 3 is 2.88 bits per heavy atom. The Kier molecular flexibility index (Phi) is 2.00. The van der Waals surface area contributed by atoms with Crippen LogP contribution in [0.3, 0.4) is 0 Å². The van der Waals surface area contributed by atoms with Gasteiger partial charge in [0.1, 0.15) is 0 Å². The van der Waals surface area contributed by atoms with Crippen LogP contribution >= 0.6 is 15.9 Å². The molecular weight excluding hydrogens is 270 g/mol. The van der Waals surface area contributed by atoms with Crippen LogP contribution in [0.5, 0.6) is 0 Å². The fraction of sp³-hybridized carbons (Fsp3) is 0. The molecule has 3 aromatic rings. The van der Waals surface area contributed by atoms with Gasteiger partial charge in [0.25, 0.3) is 0 Å². The van der Waals surface area contributed by atoms with Crippen LogP contribution in [0, 0.1) is 0 Å². The Balaban J connectivity index is 2.18. The maximum atomic E-state index is 5.70. The largest absolute Gasteiger partial charge is 0.446 e. The fourth-order valence-electron chi connectivity index (χ4n) is 1.59. The van der Waals surface area contributed by atoms with Crippen molar-refractivity contribution in [2.45, 2.75) is 0 Å². The molecule has 2 heterocycles. The number of aromatic nitrogens is 2. The van der Waals surface area contributed by atoms with Gasteiger partial charge in [-0.2, -0.15) is 0 Å². The first-order valence-corrected chi connectivity index (χ1v) is 5.52. The summed E-state index contributed by atoms with van der Waals surface area (Å²) in [5.41, 5.74) is 8.19. The van der Waals surface area contributed by atoms with Gasteiger partial charge in [-0.1, -0.05) is 0 Å². The Morgan fingerprint density at radius 1 is 1.25 bits per heavy atom. The third-order valence-electron chi connectivity index (χ3n) is 2.31. The van der Waals surface area contributed by atoms with Crippen LogP contribution in [-0.2, 0) is 0 Å². The Morgan fingerprint density at radius 2 is 2.12 bits per heavy atom. The number of nitrogen functional groups attached to an aromatic ring is 1. The molecule has 2 aromatic heterocycles. The van der Waals surface area contributed by atoms with Crippen LogP contribution in [0.25, 0.3) is 22.6 Å². The Bertz CT molecular complexity index is 656. The molecule has 0 amide bonds. The molecule has 3 rings (SSSR count). The average Bonchev–Trinajstić information content (AvgIpc) is 2.83. The van der Waals surface area contributed by atoms with E-state index in [9.17, 15) is 0 Å². The lowest BCUT2D eigenvalue weighted by molar-refractivity contribution is 0.552. The third-order valence-corrected chi connectivity index (χ3v) is 2.74. The molecule has 16 heavy (non-hydrogen) atoms. The maximum Gasteiger partial charge on any atom is 0.174 e. The molecule has 0 saturated carbocycles. The van der Waals surface area contributed by atoms with E-state index in [4.69, 9.17) is 10.2 Å². The molecule has 0 fully saturated rings. The molecule has 0 unspecified atom stereocenters. The van der Waals surface area contributed by atoms with E-state index in [1.54, 1.807) is 0 Å². The number of hydrogen-bond acceptors (Lipinski definition) is 3. The lowest BCUT2D eigenvalue weighted by Gasteiger charge is -1.89. The number of aromatic amines is 1. The van der Waals surface area contributed by atoms with Crippen LogP contribution in [0.1, 0.15) is 0 Å². The number of anilines is 1. The molecule has 0 aliphatic rings. The highest BCUT2D eigenvalue weighted by atomic mass is 79.9. The second-order valence-corrected chi connectivity index (χ2v) is 4.25. The summed E-state index contributed by atoms with van der Waals surface area (Å²) in [6.07, 6.45) is 0. The fourth-order valence-corrected chi connectivity index (χ4v) is 1.89. The lowest BCUT2D eigenvalue weighted by atomic mass is 10.3. The van der Waals surface area contributed by atoms with Crippen molar-refractivity contribution >= 4 is 32.7 Å². The standard InChI is InChI=1S/C11H8BrN3O/c12-10-4-3-9(16-10)11-14-7-2-1-6(13)5-8(7)15-11/h1-5H,13H2,(H,14,15). The van der Waals surface area contributed by atoms with Crippen molar-refractivity contribution in [3.05, 3.63) is 35.0 Å². The van der Waals surface area contributed by atoms with E-state index in [0.717, 1.165) is 11.0 Å². The average molecular weight is 278 g/mol. The number of nitrogens with zero attached hydrogens (tertiary/aromatic N) is 1. The first-order chi connectivity index (χ1) is 7.72. The van der Waals surface area contributed by atoms with Gasteiger partial charge in [-0.3, -0.25) is 0 Å². The van der Waals surface area contributed by atoms with Crippen molar-refractivity contribution in [1.29, 1.82) is 0 Å². The summed E-state index contributed by atoms with van der Waals surface area (Å²) in [6, 6.07) is 9.24. The van der Waals surface area contributed by atoms with Crippen LogP contribution < -0.4 is 5.73 Å². The number of fused-ring (bicyclic) bond motifs is 1. The molecule has 5 heteroatoms. The first kappa shape index (κ1) is 9.47. The van der Waals surface area contributed by atoms with Crippen molar-refractivity contribution in [3.63, 3.8) is 0 Å². The highest BCUT2D eigenvalue weighted by Gasteiger charge is 2.08. The first-order valence-electron chi connectivity index (χ1n) is 4.73. The van der Waals surface area contributed by atoms with Gasteiger partial charge in [-0.15, -0.1) is 0 Å². The summed E-state index contributed by atoms with van der Waals surface area (Å²) in [6.45, 7) is 0. The van der Waals surface area contributed by atoms with Crippen molar-refractivity contribution in [3.8, 4) is 11.6 Å². The molecule has 0 saturated heterocycles. The van der Waals surface area contributed by atoms with Crippen LogP contribution in [-0.4, -0.2) is 9.97 Å². The highest BCUT2D eigenvalue weighted by Crippen LogP contribution is 2.25. The van der Waals surface area contributed by atoms with Crippen molar-refractivity contribution in [2.75, 3.05) is 5.73 Å². The minimum Gasteiger partial charge on any atom is -0.446 e. The predicted octanol–water partition coefficient (Wildman–Crippen LogP) is 3.17. The summed E-state index contributed by atoms with van der Waals surface area (Å²) in [5.74, 6) is 1.40. The molecule has 0 atom stereocenters. The van der Waals surface area contributed by atoms with Gasteiger partial charge in [0.05, 0.1) is 11.0 Å². The molecule has 0 aliphatic carbocycles. The third kappa shape index (κ3) is 1.49. The second kappa shape index (κ2) is 3.38. The molecular formula is C11H8BrN3O. The van der Waals surface area contributed by atoms with E-state index in [2.05, 4.69) is 25.9 Å². The number of imidazole rings is 1. The van der Waals surface area contributed by atoms with E-state index < -0.39 is 0 Å². The van der Waals surface area contributed by atoms with E-state index in [0.29, 0.717) is 21.9 Å². The molecule has 0 radical (unpaired) electrons. The molecule has 0 spiro atoms. The van der Waals surface area contributed by atoms with Crippen molar-refractivity contribution < 1.29 is 4.42 Å². The summed E-state index contributed by atoms with van der Waals surface area (Å²) in [7, 11) is 0. The highest BCUT2D eigenvalue weighted by molar-refractivity contribution is 9.10. The normalized spacial score (nSPS) is 11.1. The quantitative estimate of drug-likeness (QED) is 0.672. The zero-order valence-electron chi connectivity index (χ0n) is 8.20. The predicted molar refractivity (Wildman–Crippen MR) is 65.9 cm³/mol. The lowest BCUT2D eigenvalue weighted by Crippen LogP contribution is -1.82. The van der Waals surface area contributed by atoms with Gasteiger partial charge in [0.15, 0.2) is 16.3 Å². The molecule has 3 N–H and O–H groups in total. The maximum absolute atomic E-state index is 5.70. The van der Waals surface area contributed by atoms with Crippen molar-refractivity contribution in [1.82, 2.24) is 9.97 Å². The van der Waals surface area contributed by atoms with E-state index in [-0.39, 0.29) is 0 Å². The summed E-state index contributed by atoms with van der Waals surface area (Å²) in [4.78, 5) is 7.57. The molecule has 1 aromatic carbocycles. The molecule has 80 valence electrons. The van der Waals surface area contributed by atoms with Crippen LogP contribution in [0.4, 0.5) is 5.69 Å². The van der Waals surface area contributed by atoms with E-state index >= 15 is 0 Å². The van der Waals surface area contributed by atoms with Gasteiger partial charge >= 0.3 is 0 Å². The van der Waals surface area contributed by atoms with Gasteiger partial charge in [0.2, 0.25) is 0 Å². The van der Waals surface area contributed by atoms with E-state index in [1.807, 2.05) is 30.3 Å². The number of hydrogen-bond donors (Lipinski definition) is 2. The molecule has 0 aliphatic heterocycles. The Hall–Kier alpha value is -1.75. The van der Waals surface area contributed by atoms with Gasteiger partial charge in [-0.25, -0.2) is 4.98 Å². The van der Waals surface area contributed by atoms with Crippen LogP contribution in [0.15, 0.2) is 39.4 Å². The minimum absolute atomic E-state index is 0.683.